The molecule has 0 saturated heterocycles. The zero-order valence-electron chi connectivity index (χ0n) is 14.9. The molecular weight excluding hydrogens is 322 g/mol. The largest absolute Gasteiger partial charge is 0.497 e. The molecular formula is C19H25NO3S. The van der Waals surface area contributed by atoms with Crippen molar-refractivity contribution in [2.24, 2.45) is 0 Å². The molecule has 1 amide bonds. The Labute approximate surface area is 146 Å². The van der Waals surface area contributed by atoms with Crippen molar-refractivity contribution in [1.29, 1.82) is 0 Å². The monoisotopic (exact) mass is 347 g/mol. The number of ether oxygens (including phenoxy) is 1. The Morgan fingerprint density at radius 1 is 1.17 bits per heavy atom. The number of amides is 1. The lowest BCUT2D eigenvalue weighted by Crippen LogP contribution is -2.40. The quantitative estimate of drug-likeness (QED) is 0.806. The number of benzene rings is 2. The van der Waals surface area contributed by atoms with Crippen molar-refractivity contribution in [3.63, 3.8) is 0 Å². The SMILES string of the molecule is COc1ccc2cc([C@H](C)C(=O)N(C)C(C)CS(C)=O)ccc2c1. The summed E-state index contributed by atoms with van der Waals surface area (Å²) in [6.07, 6.45) is 1.66. The molecule has 0 aliphatic rings. The zero-order chi connectivity index (χ0) is 17.9. The number of carbonyl (C=O) groups is 1. The molecule has 0 N–H and O–H groups in total. The van der Waals surface area contributed by atoms with Gasteiger partial charge in [-0.1, -0.05) is 24.3 Å². The van der Waals surface area contributed by atoms with E-state index in [0.29, 0.717) is 5.75 Å². The first kappa shape index (κ1) is 18.5. The van der Waals surface area contributed by atoms with Crippen molar-refractivity contribution in [2.45, 2.75) is 25.8 Å². The number of likely N-dealkylation sites (N-methyl/N-ethyl adjacent to an activating group) is 1. The lowest BCUT2D eigenvalue weighted by molar-refractivity contribution is -0.132. The maximum absolute atomic E-state index is 12.7. The Hall–Kier alpha value is -1.88. The fourth-order valence-corrected chi connectivity index (χ4v) is 3.66. The number of fused-ring (bicyclic) bond motifs is 1. The summed E-state index contributed by atoms with van der Waals surface area (Å²) in [5.74, 6) is 1.11. The highest BCUT2D eigenvalue weighted by atomic mass is 32.2. The van der Waals surface area contributed by atoms with Gasteiger partial charge >= 0.3 is 0 Å². The Kier molecular flexibility index (Phi) is 5.99. The number of rotatable bonds is 6. The minimum atomic E-state index is -0.918. The van der Waals surface area contributed by atoms with Crippen LogP contribution in [-0.2, 0) is 15.6 Å². The third kappa shape index (κ3) is 4.15. The van der Waals surface area contributed by atoms with Gasteiger partial charge in [-0.25, -0.2) is 0 Å². The van der Waals surface area contributed by atoms with Crippen LogP contribution in [0, 0.1) is 0 Å². The fourth-order valence-electron chi connectivity index (χ4n) is 2.76. The summed E-state index contributed by atoms with van der Waals surface area (Å²) in [4.78, 5) is 14.4. The van der Waals surface area contributed by atoms with Crippen LogP contribution < -0.4 is 4.74 Å². The molecule has 3 atom stereocenters. The summed E-state index contributed by atoms with van der Waals surface area (Å²) in [7, 11) is 2.51. The first-order chi connectivity index (χ1) is 11.3. The van der Waals surface area contributed by atoms with Crippen LogP contribution in [0.4, 0.5) is 0 Å². The minimum Gasteiger partial charge on any atom is -0.497 e. The van der Waals surface area contributed by atoms with Crippen LogP contribution in [0.25, 0.3) is 10.8 Å². The molecule has 0 radical (unpaired) electrons. The van der Waals surface area contributed by atoms with Gasteiger partial charge in [-0.05, 0) is 42.3 Å². The van der Waals surface area contributed by atoms with Gasteiger partial charge in [0.2, 0.25) is 5.91 Å². The second kappa shape index (κ2) is 7.79. The van der Waals surface area contributed by atoms with E-state index in [2.05, 4.69) is 0 Å². The molecule has 0 aromatic heterocycles. The maximum Gasteiger partial charge on any atom is 0.229 e. The summed E-state index contributed by atoms with van der Waals surface area (Å²) in [5.41, 5.74) is 0.981. The molecule has 2 aromatic carbocycles. The molecule has 0 saturated carbocycles. The van der Waals surface area contributed by atoms with E-state index in [1.165, 1.54) is 0 Å². The molecule has 0 aliphatic carbocycles. The molecule has 0 spiro atoms. The Balaban J connectivity index is 2.22. The van der Waals surface area contributed by atoms with Crippen LogP contribution in [-0.4, -0.2) is 47.2 Å². The smallest absolute Gasteiger partial charge is 0.229 e. The highest BCUT2D eigenvalue weighted by Crippen LogP contribution is 2.26. The third-order valence-electron chi connectivity index (χ3n) is 4.43. The van der Waals surface area contributed by atoms with E-state index in [0.717, 1.165) is 22.1 Å². The van der Waals surface area contributed by atoms with Crippen LogP contribution in [0.5, 0.6) is 5.75 Å². The first-order valence-electron chi connectivity index (χ1n) is 7.98. The summed E-state index contributed by atoms with van der Waals surface area (Å²) >= 11 is 0. The molecule has 0 fully saturated rings. The van der Waals surface area contributed by atoms with Crippen LogP contribution >= 0.6 is 0 Å². The van der Waals surface area contributed by atoms with Crippen LogP contribution in [0.3, 0.4) is 0 Å². The number of hydrogen-bond donors (Lipinski definition) is 0. The standard InChI is InChI=1S/C19H25NO3S/c1-13(12-24(5)22)20(3)19(21)14(2)15-6-7-17-11-18(23-4)9-8-16(17)10-15/h6-11,13-14H,12H2,1-5H3/t13?,14-,24?/m0/s1. The van der Waals surface area contributed by atoms with Crippen LogP contribution in [0.2, 0.25) is 0 Å². The van der Waals surface area contributed by atoms with Gasteiger partial charge in [-0.3, -0.25) is 9.00 Å². The van der Waals surface area contributed by atoms with Crippen LogP contribution in [0.1, 0.15) is 25.3 Å². The maximum atomic E-state index is 12.7. The van der Waals surface area contributed by atoms with Crippen molar-refractivity contribution in [1.82, 2.24) is 4.90 Å². The molecule has 0 bridgehead atoms. The number of methoxy groups -OCH3 is 1. The van der Waals surface area contributed by atoms with E-state index in [9.17, 15) is 9.00 Å². The van der Waals surface area contributed by atoms with Crippen molar-refractivity contribution in [3.8, 4) is 5.75 Å². The number of carbonyl (C=O) groups excluding carboxylic acids is 1. The topological polar surface area (TPSA) is 46.6 Å². The molecule has 2 aromatic rings. The Morgan fingerprint density at radius 3 is 2.42 bits per heavy atom. The van der Waals surface area contributed by atoms with Gasteiger partial charge in [-0.2, -0.15) is 0 Å². The minimum absolute atomic E-state index is 0.0424. The van der Waals surface area contributed by atoms with E-state index in [-0.39, 0.29) is 17.9 Å². The molecule has 0 heterocycles. The molecule has 5 heteroatoms. The van der Waals surface area contributed by atoms with Crippen LogP contribution in [0.15, 0.2) is 36.4 Å². The van der Waals surface area contributed by atoms with Gasteiger partial charge in [0.15, 0.2) is 0 Å². The second-order valence-electron chi connectivity index (χ2n) is 6.23. The van der Waals surface area contributed by atoms with Crippen molar-refractivity contribution < 1.29 is 13.7 Å². The highest BCUT2D eigenvalue weighted by molar-refractivity contribution is 7.84. The van der Waals surface area contributed by atoms with Crippen molar-refractivity contribution in [2.75, 3.05) is 26.2 Å². The second-order valence-corrected chi connectivity index (χ2v) is 7.71. The fraction of sp³-hybridized carbons (Fsp3) is 0.421. The molecule has 2 rings (SSSR count). The van der Waals surface area contributed by atoms with Gasteiger partial charge in [0.05, 0.1) is 13.0 Å². The van der Waals surface area contributed by atoms with Gasteiger partial charge in [0.1, 0.15) is 5.75 Å². The number of nitrogens with zero attached hydrogens (tertiary/aromatic N) is 1. The summed E-state index contributed by atoms with van der Waals surface area (Å²) in [6.45, 7) is 3.85. The normalized spacial score (nSPS) is 14.9. The van der Waals surface area contributed by atoms with E-state index in [1.54, 1.807) is 25.3 Å². The molecule has 0 aliphatic heterocycles. The van der Waals surface area contributed by atoms with Gasteiger partial charge in [-0.15, -0.1) is 0 Å². The average Bonchev–Trinajstić information content (AvgIpc) is 2.58. The van der Waals surface area contributed by atoms with Gasteiger partial charge in [0, 0.05) is 35.9 Å². The van der Waals surface area contributed by atoms with E-state index in [1.807, 2.05) is 50.2 Å². The lowest BCUT2D eigenvalue weighted by atomic mass is 9.96. The summed E-state index contributed by atoms with van der Waals surface area (Å²) in [5, 5.41) is 2.17. The predicted octanol–water partition coefficient (Wildman–Crippen LogP) is 3.18. The van der Waals surface area contributed by atoms with Crippen molar-refractivity contribution in [3.05, 3.63) is 42.0 Å². The Bertz CT molecular complexity index is 759. The Morgan fingerprint density at radius 2 is 1.79 bits per heavy atom. The van der Waals surface area contributed by atoms with Crippen molar-refractivity contribution >= 4 is 27.5 Å². The highest BCUT2D eigenvalue weighted by Gasteiger charge is 2.23. The zero-order valence-corrected chi connectivity index (χ0v) is 15.7. The van der Waals surface area contributed by atoms with E-state index in [4.69, 9.17) is 4.74 Å². The van der Waals surface area contributed by atoms with Gasteiger partial charge in [0.25, 0.3) is 0 Å². The number of hydrogen-bond acceptors (Lipinski definition) is 3. The molecule has 2 unspecified atom stereocenters. The molecule has 130 valence electrons. The molecule has 4 nitrogen and oxygen atoms in total. The average molecular weight is 347 g/mol. The third-order valence-corrected chi connectivity index (χ3v) is 5.38. The van der Waals surface area contributed by atoms with E-state index >= 15 is 0 Å². The summed E-state index contributed by atoms with van der Waals surface area (Å²) in [6, 6.07) is 11.9. The predicted molar refractivity (Wildman–Crippen MR) is 100 cm³/mol. The lowest BCUT2D eigenvalue weighted by Gasteiger charge is -2.27. The molecule has 24 heavy (non-hydrogen) atoms. The first-order valence-corrected chi connectivity index (χ1v) is 9.70. The summed E-state index contributed by atoms with van der Waals surface area (Å²) < 4.78 is 16.6. The van der Waals surface area contributed by atoms with E-state index < -0.39 is 10.8 Å². The van der Waals surface area contributed by atoms with Gasteiger partial charge < -0.3 is 9.64 Å².